The summed E-state index contributed by atoms with van der Waals surface area (Å²) in [5, 5.41) is 13.5. The minimum Gasteiger partial charge on any atom is -0.480 e. The number of aliphatic carboxylic acids is 1. The van der Waals surface area contributed by atoms with Gasteiger partial charge in [0.1, 0.15) is 5.82 Å². The number of carboxylic acid groups (broad SMARTS) is 1. The van der Waals surface area contributed by atoms with Crippen molar-refractivity contribution in [1.29, 1.82) is 0 Å². The van der Waals surface area contributed by atoms with Crippen molar-refractivity contribution >= 4 is 18.1 Å². The fourth-order valence-electron chi connectivity index (χ4n) is 1.48. The second-order valence-electron chi connectivity index (χ2n) is 3.60. The molecule has 0 radical (unpaired) electrons. The van der Waals surface area contributed by atoms with E-state index >= 15 is 0 Å². The van der Waals surface area contributed by atoms with E-state index in [9.17, 15) is 14.0 Å². The molecular weight excluding hydrogens is 227 g/mol. The smallest absolute Gasteiger partial charge is 0.321 e. The number of carbonyl (C=O) groups is 2. The summed E-state index contributed by atoms with van der Waals surface area (Å²) < 4.78 is 12.7. The zero-order chi connectivity index (χ0) is 12.4. The monoisotopic (exact) mass is 236 g/mol. The first-order chi connectivity index (χ1) is 8.08. The lowest BCUT2D eigenvalue weighted by Crippen LogP contribution is -2.30. The summed E-state index contributed by atoms with van der Waals surface area (Å²) in [6.45, 7) is 0.138. The summed E-state index contributed by atoms with van der Waals surface area (Å²) in [7, 11) is 0. The average Bonchev–Trinajstić information content (AvgIpc) is 2.64. The molecule has 1 heterocycles. The molecule has 0 spiro atoms. The number of nitrogens with zero attached hydrogens (tertiary/aromatic N) is 2. The molecule has 1 atom stereocenters. The number of carbonyl (C=O) groups excluding carboxylic acids is 1. The molecule has 1 amide bonds. The molecule has 17 heavy (non-hydrogen) atoms. The highest BCUT2D eigenvalue weighted by Gasteiger charge is 2.34. The Morgan fingerprint density at radius 1 is 1.41 bits per heavy atom. The van der Waals surface area contributed by atoms with Gasteiger partial charge in [0, 0.05) is 6.21 Å². The summed E-state index contributed by atoms with van der Waals surface area (Å²) >= 11 is 0. The summed E-state index contributed by atoms with van der Waals surface area (Å²) in [6.07, 6.45) is 1.09. The van der Waals surface area contributed by atoms with Crippen LogP contribution < -0.4 is 0 Å². The number of hydrogen-bond donors (Lipinski definition) is 1. The average molecular weight is 236 g/mol. The van der Waals surface area contributed by atoms with Gasteiger partial charge in [0.25, 0.3) is 5.91 Å². The first kappa shape index (κ1) is 11.3. The molecule has 1 aromatic carbocycles. The van der Waals surface area contributed by atoms with Gasteiger partial charge in [-0.3, -0.25) is 9.59 Å². The molecule has 0 aliphatic carbocycles. The molecule has 1 aliphatic rings. The molecule has 0 bridgehead atoms. The molecule has 1 aromatic rings. The molecule has 0 saturated heterocycles. The van der Waals surface area contributed by atoms with Crippen LogP contribution in [0.1, 0.15) is 5.56 Å². The van der Waals surface area contributed by atoms with Gasteiger partial charge in [0.2, 0.25) is 0 Å². The van der Waals surface area contributed by atoms with E-state index < -0.39 is 17.8 Å². The second kappa shape index (κ2) is 4.32. The van der Waals surface area contributed by atoms with Crippen LogP contribution in [0, 0.1) is 11.7 Å². The second-order valence-corrected chi connectivity index (χ2v) is 3.60. The third-order valence-electron chi connectivity index (χ3n) is 2.39. The van der Waals surface area contributed by atoms with Crippen LogP contribution >= 0.6 is 0 Å². The number of hydrogen-bond acceptors (Lipinski definition) is 3. The van der Waals surface area contributed by atoms with E-state index in [0.29, 0.717) is 5.56 Å². The molecule has 2 rings (SSSR count). The molecule has 0 saturated carbocycles. The van der Waals surface area contributed by atoms with Gasteiger partial charge in [0.05, 0.1) is 6.54 Å². The lowest BCUT2D eigenvalue weighted by Gasteiger charge is -2.12. The van der Waals surface area contributed by atoms with Crippen LogP contribution in [0.3, 0.4) is 0 Å². The van der Waals surface area contributed by atoms with Gasteiger partial charge in [0.15, 0.2) is 5.92 Å². The molecule has 0 fully saturated rings. The SMILES string of the molecule is O=C(O)C1C=NN(Cc2ccc(F)cc2)C1=O. The Morgan fingerprint density at radius 2 is 2.06 bits per heavy atom. The van der Waals surface area contributed by atoms with Crippen molar-refractivity contribution in [3.05, 3.63) is 35.6 Å². The van der Waals surface area contributed by atoms with Crippen molar-refractivity contribution in [1.82, 2.24) is 5.01 Å². The molecular formula is C11H9FN2O3. The minimum absolute atomic E-state index is 0.138. The van der Waals surface area contributed by atoms with E-state index in [1.807, 2.05) is 0 Å². The molecule has 0 aromatic heterocycles. The Bertz CT molecular complexity index is 484. The number of amides is 1. The van der Waals surface area contributed by atoms with Crippen molar-refractivity contribution in [2.45, 2.75) is 6.54 Å². The van der Waals surface area contributed by atoms with Crippen molar-refractivity contribution in [3.63, 3.8) is 0 Å². The molecule has 1 aliphatic heterocycles. The van der Waals surface area contributed by atoms with Gasteiger partial charge in [-0.1, -0.05) is 12.1 Å². The highest BCUT2D eigenvalue weighted by molar-refractivity contribution is 6.12. The molecule has 88 valence electrons. The van der Waals surface area contributed by atoms with Crippen LogP contribution in [0.4, 0.5) is 4.39 Å². The highest BCUT2D eigenvalue weighted by Crippen LogP contribution is 2.14. The Kier molecular flexibility index (Phi) is 2.86. The van der Waals surface area contributed by atoms with Gasteiger partial charge >= 0.3 is 5.97 Å². The van der Waals surface area contributed by atoms with Gasteiger partial charge in [-0.25, -0.2) is 9.40 Å². The fourth-order valence-corrected chi connectivity index (χ4v) is 1.48. The van der Waals surface area contributed by atoms with Crippen molar-refractivity contribution < 1.29 is 19.1 Å². The zero-order valence-corrected chi connectivity index (χ0v) is 8.71. The normalized spacial score (nSPS) is 18.8. The van der Waals surface area contributed by atoms with Crippen molar-refractivity contribution in [2.75, 3.05) is 0 Å². The van der Waals surface area contributed by atoms with E-state index in [1.165, 1.54) is 24.3 Å². The predicted octanol–water partition coefficient (Wildman–Crippen LogP) is 0.855. The molecule has 1 unspecified atom stereocenters. The van der Waals surface area contributed by atoms with E-state index in [-0.39, 0.29) is 12.4 Å². The van der Waals surface area contributed by atoms with E-state index in [0.717, 1.165) is 11.2 Å². The third-order valence-corrected chi connectivity index (χ3v) is 2.39. The third kappa shape index (κ3) is 2.30. The largest absolute Gasteiger partial charge is 0.480 e. The van der Waals surface area contributed by atoms with Crippen molar-refractivity contribution in [3.8, 4) is 0 Å². The quantitative estimate of drug-likeness (QED) is 0.791. The Labute approximate surface area is 96.2 Å². The standard InChI is InChI=1S/C11H9FN2O3/c12-8-3-1-7(2-4-8)6-14-10(15)9(5-13-14)11(16)17/h1-5,9H,6H2,(H,16,17). The zero-order valence-electron chi connectivity index (χ0n) is 8.71. The number of hydrazone groups is 1. The minimum atomic E-state index is -1.22. The van der Waals surface area contributed by atoms with Gasteiger partial charge < -0.3 is 5.11 Å². The molecule has 6 heteroatoms. The highest BCUT2D eigenvalue weighted by atomic mass is 19.1. The van der Waals surface area contributed by atoms with Crippen LogP contribution in [-0.2, 0) is 16.1 Å². The Morgan fingerprint density at radius 3 is 2.59 bits per heavy atom. The number of halogens is 1. The Hall–Kier alpha value is -2.24. The van der Waals surface area contributed by atoms with Gasteiger partial charge in [-0.2, -0.15) is 5.10 Å². The first-order valence-electron chi connectivity index (χ1n) is 4.90. The van der Waals surface area contributed by atoms with Crippen LogP contribution in [0.25, 0.3) is 0 Å². The van der Waals surface area contributed by atoms with E-state index in [4.69, 9.17) is 5.11 Å². The number of carboxylic acids is 1. The van der Waals surface area contributed by atoms with Crippen LogP contribution in [0.15, 0.2) is 29.4 Å². The van der Waals surface area contributed by atoms with Crippen LogP contribution in [-0.4, -0.2) is 28.2 Å². The fraction of sp³-hybridized carbons (Fsp3) is 0.182. The molecule has 1 N–H and O–H groups in total. The Balaban J connectivity index is 2.07. The summed E-state index contributed by atoms with van der Waals surface area (Å²) in [5.41, 5.74) is 0.683. The predicted molar refractivity (Wildman–Crippen MR) is 56.6 cm³/mol. The maximum atomic E-state index is 12.7. The van der Waals surface area contributed by atoms with E-state index in [1.54, 1.807) is 0 Å². The topological polar surface area (TPSA) is 70.0 Å². The van der Waals surface area contributed by atoms with E-state index in [2.05, 4.69) is 5.10 Å². The van der Waals surface area contributed by atoms with Crippen LogP contribution in [0.5, 0.6) is 0 Å². The number of rotatable bonds is 3. The maximum Gasteiger partial charge on any atom is 0.321 e. The maximum absolute atomic E-state index is 12.7. The summed E-state index contributed by atoms with van der Waals surface area (Å²) in [4.78, 5) is 22.2. The summed E-state index contributed by atoms with van der Waals surface area (Å²) in [5.74, 6) is -3.38. The molecule has 5 nitrogen and oxygen atoms in total. The van der Waals surface area contributed by atoms with Gasteiger partial charge in [-0.05, 0) is 17.7 Å². The lowest BCUT2D eigenvalue weighted by molar-refractivity contribution is -0.146. The first-order valence-corrected chi connectivity index (χ1v) is 4.90. The summed E-state index contributed by atoms with van der Waals surface area (Å²) in [6, 6.07) is 5.58. The number of benzene rings is 1. The lowest BCUT2D eigenvalue weighted by atomic mass is 10.1. The van der Waals surface area contributed by atoms with Gasteiger partial charge in [-0.15, -0.1) is 0 Å². The van der Waals surface area contributed by atoms with Crippen LogP contribution in [0.2, 0.25) is 0 Å². The van der Waals surface area contributed by atoms with Crippen molar-refractivity contribution in [2.24, 2.45) is 11.0 Å².